The minimum absolute atomic E-state index is 0.127. The molecular formula is C17H20N2O4S. The summed E-state index contributed by atoms with van der Waals surface area (Å²) in [5.41, 5.74) is 1.34. The number of sulfonamides is 1. The molecule has 0 aliphatic heterocycles. The Balaban J connectivity index is 2.01. The first-order chi connectivity index (χ1) is 11.4. The molecule has 2 aromatic rings. The molecule has 2 aromatic carbocycles. The van der Waals surface area contributed by atoms with Gasteiger partial charge in [-0.25, -0.2) is 13.6 Å². The molecule has 0 fully saturated rings. The number of carbonyl (C=O) groups is 1. The molecule has 3 N–H and O–H groups in total. The Morgan fingerprint density at radius 1 is 1.17 bits per heavy atom. The molecular weight excluding hydrogens is 328 g/mol. The summed E-state index contributed by atoms with van der Waals surface area (Å²) >= 11 is 0. The molecule has 0 atom stereocenters. The molecule has 0 bridgehead atoms. The van der Waals surface area contributed by atoms with Crippen molar-refractivity contribution < 1.29 is 17.9 Å². The second-order valence-corrected chi connectivity index (χ2v) is 6.81. The van der Waals surface area contributed by atoms with Crippen molar-refractivity contribution in [1.82, 2.24) is 5.32 Å². The maximum Gasteiger partial charge on any atom is 0.255 e. The fourth-order valence-electron chi connectivity index (χ4n) is 2.28. The predicted octanol–water partition coefficient (Wildman–Crippen LogP) is 1.71. The number of primary sulfonamides is 1. The first kappa shape index (κ1) is 18.0. The van der Waals surface area contributed by atoms with E-state index in [2.05, 4.69) is 5.32 Å². The zero-order chi connectivity index (χ0) is 17.6. The number of amides is 1. The van der Waals surface area contributed by atoms with Gasteiger partial charge in [0.2, 0.25) is 10.0 Å². The minimum Gasteiger partial charge on any atom is -0.496 e. The summed E-state index contributed by atoms with van der Waals surface area (Å²) in [7, 11) is -2.47. The lowest BCUT2D eigenvalue weighted by Crippen LogP contribution is -2.26. The monoisotopic (exact) mass is 348 g/mol. The lowest BCUT2D eigenvalue weighted by molar-refractivity contribution is 0.0950. The van der Waals surface area contributed by atoms with Crippen LogP contribution in [0.15, 0.2) is 53.4 Å². The van der Waals surface area contributed by atoms with Crippen molar-refractivity contribution >= 4 is 15.9 Å². The topological polar surface area (TPSA) is 98.5 Å². The third kappa shape index (κ3) is 4.81. The Bertz CT molecular complexity index is 805. The van der Waals surface area contributed by atoms with E-state index in [4.69, 9.17) is 9.88 Å². The molecule has 0 unspecified atom stereocenters. The number of rotatable bonds is 7. The van der Waals surface area contributed by atoms with Crippen molar-refractivity contribution in [3.63, 3.8) is 0 Å². The predicted molar refractivity (Wildman–Crippen MR) is 91.5 cm³/mol. The van der Waals surface area contributed by atoms with Crippen molar-refractivity contribution in [2.45, 2.75) is 17.7 Å². The molecule has 0 aromatic heterocycles. The molecule has 1 amide bonds. The largest absolute Gasteiger partial charge is 0.496 e. The van der Waals surface area contributed by atoms with E-state index in [9.17, 15) is 13.2 Å². The van der Waals surface area contributed by atoms with Gasteiger partial charge in [0.05, 0.1) is 17.6 Å². The highest BCUT2D eigenvalue weighted by Crippen LogP contribution is 2.21. The highest BCUT2D eigenvalue weighted by Gasteiger charge is 2.17. The zero-order valence-electron chi connectivity index (χ0n) is 13.4. The number of nitrogens with one attached hydrogen (secondary N) is 1. The van der Waals surface area contributed by atoms with Crippen LogP contribution in [0.4, 0.5) is 0 Å². The third-order valence-electron chi connectivity index (χ3n) is 3.51. The van der Waals surface area contributed by atoms with Crippen molar-refractivity contribution in [3.05, 3.63) is 59.7 Å². The number of nitrogens with two attached hydrogens (primary N) is 1. The van der Waals surface area contributed by atoms with Crippen LogP contribution in [-0.2, 0) is 16.4 Å². The van der Waals surface area contributed by atoms with Gasteiger partial charge in [0.15, 0.2) is 0 Å². The normalized spacial score (nSPS) is 11.1. The lowest BCUT2D eigenvalue weighted by Gasteiger charge is -2.10. The van der Waals surface area contributed by atoms with Crippen LogP contribution >= 0.6 is 0 Å². The van der Waals surface area contributed by atoms with Crippen LogP contribution in [0.1, 0.15) is 22.3 Å². The Morgan fingerprint density at radius 2 is 1.88 bits per heavy atom. The number of hydrogen-bond donors (Lipinski definition) is 2. The van der Waals surface area contributed by atoms with Crippen molar-refractivity contribution in [2.75, 3.05) is 13.7 Å². The van der Waals surface area contributed by atoms with Gasteiger partial charge in [0.1, 0.15) is 5.75 Å². The van der Waals surface area contributed by atoms with E-state index < -0.39 is 15.9 Å². The lowest BCUT2D eigenvalue weighted by atomic mass is 10.1. The van der Waals surface area contributed by atoms with Crippen LogP contribution in [0.3, 0.4) is 0 Å². The fraction of sp³-hybridized carbons (Fsp3) is 0.235. The van der Waals surface area contributed by atoms with E-state index in [0.29, 0.717) is 12.3 Å². The molecule has 0 heterocycles. The molecule has 24 heavy (non-hydrogen) atoms. The molecule has 0 saturated carbocycles. The smallest absolute Gasteiger partial charge is 0.255 e. The summed E-state index contributed by atoms with van der Waals surface area (Å²) in [4.78, 5) is 12.2. The molecule has 0 aliphatic carbocycles. The highest BCUT2D eigenvalue weighted by molar-refractivity contribution is 7.89. The third-order valence-corrected chi connectivity index (χ3v) is 4.43. The number of ether oxygens (including phenoxy) is 1. The first-order valence-corrected chi connectivity index (χ1v) is 8.99. The number of aryl methyl sites for hydroxylation is 1. The van der Waals surface area contributed by atoms with Crippen LogP contribution < -0.4 is 15.2 Å². The van der Waals surface area contributed by atoms with Gasteiger partial charge in [-0.05, 0) is 36.6 Å². The number of methoxy groups -OCH3 is 1. The van der Waals surface area contributed by atoms with Gasteiger partial charge in [-0.1, -0.05) is 30.3 Å². The molecule has 0 radical (unpaired) electrons. The van der Waals surface area contributed by atoms with Gasteiger partial charge in [0.25, 0.3) is 5.91 Å². The van der Waals surface area contributed by atoms with Gasteiger partial charge in [0, 0.05) is 6.54 Å². The maximum atomic E-state index is 12.3. The average Bonchev–Trinajstić information content (AvgIpc) is 2.58. The fourth-order valence-corrected chi connectivity index (χ4v) is 2.82. The number of carbonyl (C=O) groups excluding carboxylic acids is 1. The van der Waals surface area contributed by atoms with Crippen LogP contribution in [0, 0.1) is 0 Å². The summed E-state index contributed by atoms with van der Waals surface area (Å²) in [6.07, 6.45) is 1.61. The van der Waals surface area contributed by atoms with Crippen LogP contribution in [0.25, 0.3) is 0 Å². The van der Waals surface area contributed by atoms with E-state index in [1.54, 1.807) is 0 Å². The Hall–Kier alpha value is -2.38. The first-order valence-electron chi connectivity index (χ1n) is 7.45. The number of hydrogen-bond acceptors (Lipinski definition) is 4. The van der Waals surface area contributed by atoms with Gasteiger partial charge in [-0.3, -0.25) is 4.79 Å². The van der Waals surface area contributed by atoms with Crippen LogP contribution in [0.5, 0.6) is 5.75 Å². The quantitative estimate of drug-likeness (QED) is 0.744. The molecule has 2 rings (SSSR count). The van der Waals surface area contributed by atoms with Crippen molar-refractivity contribution in [3.8, 4) is 5.75 Å². The molecule has 0 aliphatic rings. The van der Waals surface area contributed by atoms with Gasteiger partial charge in [-0.15, -0.1) is 0 Å². The second-order valence-electron chi connectivity index (χ2n) is 5.25. The SMILES string of the molecule is COc1ccc(S(N)(=O)=O)cc1C(=O)NCCCc1ccccc1. The van der Waals surface area contributed by atoms with E-state index in [-0.39, 0.29) is 10.5 Å². The zero-order valence-corrected chi connectivity index (χ0v) is 14.2. The summed E-state index contributed by atoms with van der Waals surface area (Å²) in [5, 5.41) is 7.87. The second kappa shape index (κ2) is 7.94. The molecule has 0 saturated heterocycles. The molecule has 0 spiro atoms. The summed E-state index contributed by atoms with van der Waals surface area (Å²) < 4.78 is 28.0. The minimum atomic E-state index is -3.88. The van der Waals surface area contributed by atoms with Gasteiger partial charge >= 0.3 is 0 Å². The Labute approximate surface area is 141 Å². The average molecular weight is 348 g/mol. The number of benzene rings is 2. The highest BCUT2D eigenvalue weighted by atomic mass is 32.2. The van der Waals surface area contributed by atoms with Gasteiger partial charge < -0.3 is 10.1 Å². The van der Waals surface area contributed by atoms with Gasteiger partial charge in [-0.2, -0.15) is 0 Å². The van der Waals surface area contributed by atoms with Crippen LogP contribution in [0.2, 0.25) is 0 Å². The molecule has 7 heteroatoms. The summed E-state index contributed by atoms with van der Waals surface area (Å²) in [5.74, 6) is -0.103. The molecule has 6 nitrogen and oxygen atoms in total. The van der Waals surface area contributed by atoms with E-state index in [0.717, 1.165) is 12.8 Å². The summed E-state index contributed by atoms with van der Waals surface area (Å²) in [6, 6.07) is 13.9. The Morgan fingerprint density at radius 3 is 2.50 bits per heavy atom. The van der Waals surface area contributed by atoms with Crippen molar-refractivity contribution in [2.24, 2.45) is 5.14 Å². The van der Waals surface area contributed by atoms with E-state index in [1.807, 2.05) is 30.3 Å². The Kier molecular flexibility index (Phi) is 5.94. The van der Waals surface area contributed by atoms with Crippen molar-refractivity contribution in [1.29, 1.82) is 0 Å². The summed E-state index contributed by atoms with van der Waals surface area (Å²) in [6.45, 7) is 0.469. The maximum absolute atomic E-state index is 12.3. The standard InChI is InChI=1S/C17H20N2O4S/c1-23-16-10-9-14(24(18,21)22)12-15(16)17(20)19-11-5-8-13-6-3-2-4-7-13/h2-4,6-7,9-10,12H,5,8,11H2,1H3,(H,19,20)(H2,18,21,22). The molecule has 128 valence electrons. The van der Waals surface area contributed by atoms with E-state index >= 15 is 0 Å². The van der Waals surface area contributed by atoms with E-state index in [1.165, 1.54) is 30.9 Å². The van der Waals surface area contributed by atoms with Crippen LogP contribution in [-0.4, -0.2) is 28.0 Å².